The normalized spacial score (nSPS) is 11.4. The summed E-state index contributed by atoms with van der Waals surface area (Å²) in [6, 6.07) is 8.72. The Labute approximate surface area is 91.1 Å². The molecule has 0 atom stereocenters. The molecule has 13 heavy (non-hydrogen) atoms. The van der Waals surface area contributed by atoms with Gasteiger partial charge in [-0.15, -0.1) is 0 Å². The van der Waals surface area contributed by atoms with Crippen molar-refractivity contribution in [2.24, 2.45) is 0 Å². The van der Waals surface area contributed by atoms with E-state index in [0.29, 0.717) is 6.04 Å². The van der Waals surface area contributed by atoms with Crippen molar-refractivity contribution in [1.29, 1.82) is 0 Å². The first-order valence-corrected chi connectivity index (χ1v) is 5.40. The first-order valence-electron chi connectivity index (χ1n) is 4.32. The monoisotopic (exact) mass is 286 g/mol. The van der Waals surface area contributed by atoms with Crippen LogP contribution in [0.2, 0.25) is 0 Å². The summed E-state index contributed by atoms with van der Waals surface area (Å²) in [5.41, 5.74) is 2.31. The summed E-state index contributed by atoms with van der Waals surface area (Å²) >= 11 is 2.28. The molecule has 0 aliphatic heterocycles. The molecule has 0 aliphatic rings. The molecular weight excluding hydrogens is 275 g/mol. The molecule has 2 nitrogen and oxygen atoms in total. The van der Waals surface area contributed by atoms with E-state index in [2.05, 4.69) is 64.2 Å². The van der Waals surface area contributed by atoms with Crippen LogP contribution < -0.4 is 0 Å². The van der Waals surface area contributed by atoms with Gasteiger partial charge in [0.25, 0.3) is 0 Å². The number of hydrogen-bond acceptors (Lipinski definition) is 1. The van der Waals surface area contributed by atoms with E-state index in [1.165, 1.54) is 5.52 Å². The maximum atomic E-state index is 4.48. The van der Waals surface area contributed by atoms with Gasteiger partial charge < -0.3 is 4.57 Å². The average Bonchev–Trinajstić information content (AvgIpc) is 2.39. The summed E-state index contributed by atoms with van der Waals surface area (Å²) in [6.07, 6.45) is 0. The summed E-state index contributed by atoms with van der Waals surface area (Å²) in [6.45, 7) is 4.35. The van der Waals surface area contributed by atoms with Crippen LogP contribution in [-0.4, -0.2) is 9.55 Å². The first-order chi connectivity index (χ1) is 6.20. The highest BCUT2D eigenvalue weighted by Crippen LogP contribution is 2.21. The van der Waals surface area contributed by atoms with Gasteiger partial charge in [0, 0.05) is 6.04 Å². The Morgan fingerprint density at radius 2 is 2.00 bits per heavy atom. The van der Waals surface area contributed by atoms with Crippen LogP contribution >= 0.6 is 22.6 Å². The highest BCUT2D eigenvalue weighted by atomic mass is 127. The van der Waals surface area contributed by atoms with E-state index in [1.54, 1.807) is 0 Å². The summed E-state index contributed by atoms with van der Waals surface area (Å²) in [5.74, 6) is 0. The Kier molecular flexibility index (Phi) is 2.27. The van der Waals surface area contributed by atoms with Crippen LogP contribution in [-0.2, 0) is 0 Å². The molecule has 0 spiro atoms. The van der Waals surface area contributed by atoms with Crippen LogP contribution in [0.25, 0.3) is 11.0 Å². The fourth-order valence-corrected chi connectivity index (χ4v) is 2.58. The first kappa shape index (κ1) is 8.99. The lowest BCUT2D eigenvalue weighted by Crippen LogP contribution is -2.02. The Balaban J connectivity index is 2.78. The van der Waals surface area contributed by atoms with E-state index >= 15 is 0 Å². The van der Waals surface area contributed by atoms with Crippen molar-refractivity contribution in [3.8, 4) is 0 Å². The third-order valence-corrected chi connectivity index (χ3v) is 2.83. The van der Waals surface area contributed by atoms with Crippen LogP contribution in [0, 0.1) is 3.83 Å². The van der Waals surface area contributed by atoms with E-state index in [9.17, 15) is 0 Å². The number of rotatable bonds is 1. The predicted octanol–water partition coefficient (Wildman–Crippen LogP) is 3.22. The molecule has 0 N–H and O–H groups in total. The van der Waals surface area contributed by atoms with Crippen molar-refractivity contribution in [1.82, 2.24) is 9.55 Å². The molecule has 0 radical (unpaired) electrons. The van der Waals surface area contributed by atoms with Crippen LogP contribution in [0.5, 0.6) is 0 Å². The molecule has 1 aromatic carbocycles. The highest BCUT2D eigenvalue weighted by Gasteiger charge is 2.09. The fourth-order valence-electron chi connectivity index (χ4n) is 1.51. The van der Waals surface area contributed by atoms with E-state index in [4.69, 9.17) is 0 Å². The lowest BCUT2D eigenvalue weighted by atomic mass is 10.3. The van der Waals surface area contributed by atoms with Gasteiger partial charge in [0.1, 0.15) is 0 Å². The van der Waals surface area contributed by atoms with Gasteiger partial charge in [0.2, 0.25) is 0 Å². The molecular formula is C10H11IN2. The zero-order chi connectivity index (χ0) is 9.42. The number of nitrogens with zero attached hydrogens (tertiary/aromatic N) is 2. The molecule has 0 bridgehead atoms. The van der Waals surface area contributed by atoms with Crippen LogP contribution in [0.1, 0.15) is 19.9 Å². The SMILES string of the molecule is CC(C)n1c(I)nc2ccccc21. The molecule has 0 unspecified atom stereocenters. The third kappa shape index (κ3) is 1.45. The van der Waals surface area contributed by atoms with Crippen LogP contribution in [0.4, 0.5) is 0 Å². The molecule has 2 rings (SSSR count). The Bertz CT molecular complexity index is 431. The van der Waals surface area contributed by atoms with Gasteiger partial charge in [0.05, 0.1) is 11.0 Å². The second-order valence-corrected chi connectivity index (χ2v) is 4.30. The van der Waals surface area contributed by atoms with Crippen molar-refractivity contribution in [3.05, 3.63) is 28.1 Å². The van der Waals surface area contributed by atoms with Crippen molar-refractivity contribution in [2.75, 3.05) is 0 Å². The molecule has 3 heteroatoms. The number of fused-ring (bicyclic) bond motifs is 1. The minimum Gasteiger partial charge on any atom is -0.317 e. The maximum Gasteiger partial charge on any atom is 0.172 e. The number of benzene rings is 1. The molecule has 0 fully saturated rings. The minimum atomic E-state index is 0.472. The van der Waals surface area contributed by atoms with Gasteiger partial charge >= 0.3 is 0 Å². The standard InChI is InChI=1S/C10H11IN2/c1-7(2)13-9-6-4-3-5-8(9)12-10(13)11/h3-7H,1-2H3. The second kappa shape index (κ2) is 3.29. The van der Waals surface area contributed by atoms with Crippen LogP contribution in [0.3, 0.4) is 0 Å². The topological polar surface area (TPSA) is 17.8 Å². The van der Waals surface area contributed by atoms with Gasteiger partial charge in [-0.2, -0.15) is 0 Å². The van der Waals surface area contributed by atoms with E-state index < -0.39 is 0 Å². The number of aromatic nitrogens is 2. The molecule has 0 saturated carbocycles. The van der Waals surface area contributed by atoms with E-state index in [1.807, 2.05) is 6.07 Å². The Morgan fingerprint density at radius 3 is 2.69 bits per heavy atom. The molecule has 0 aliphatic carbocycles. The number of halogens is 1. The van der Waals surface area contributed by atoms with Crippen molar-refractivity contribution < 1.29 is 0 Å². The predicted molar refractivity (Wildman–Crippen MR) is 62.8 cm³/mol. The highest BCUT2D eigenvalue weighted by molar-refractivity contribution is 14.1. The van der Waals surface area contributed by atoms with Crippen molar-refractivity contribution in [2.45, 2.75) is 19.9 Å². The zero-order valence-electron chi connectivity index (χ0n) is 7.66. The Morgan fingerprint density at radius 1 is 1.31 bits per heavy atom. The molecule has 68 valence electrons. The lowest BCUT2D eigenvalue weighted by Gasteiger charge is -2.09. The molecule has 1 aromatic heterocycles. The van der Waals surface area contributed by atoms with Gasteiger partial charge in [-0.05, 0) is 48.6 Å². The molecule has 0 saturated heterocycles. The van der Waals surface area contributed by atoms with E-state index in [0.717, 1.165) is 9.35 Å². The number of imidazole rings is 1. The summed E-state index contributed by atoms with van der Waals surface area (Å²) in [5, 5.41) is 0. The molecule has 0 amide bonds. The maximum absolute atomic E-state index is 4.48. The second-order valence-electron chi connectivity index (χ2n) is 3.33. The third-order valence-electron chi connectivity index (χ3n) is 2.07. The lowest BCUT2D eigenvalue weighted by molar-refractivity contribution is 0.603. The van der Waals surface area contributed by atoms with Gasteiger partial charge in [-0.1, -0.05) is 12.1 Å². The molecule has 2 aromatic rings. The zero-order valence-corrected chi connectivity index (χ0v) is 9.82. The largest absolute Gasteiger partial charge is 0.317 e. The summed E-state index contributed by atoms with van der Waals surface area (Å²) in [4.78, 5) is 4.48. The van der Waals surface area contributed by atoms with Crippen molar-refractivity contribution >= 4 is 33.6 Å². The Hall–Kier alpha value is -0.580. The van der Waals surface area contributed by atoms with E-state index in [-0.39, 0.29) is 0 Å². The van der Waals surface area contributed by atoms with Gasteiger partial charge in [-0.3, -0.25) is 0 Å². The summed E-state index contributed by atoms with van der Waals surface area (Å²) < 4.78 is 3.31. The quantitative estimate of drug-likeness (QED) is 0.736. The van der Waals surface area contributed by atoms with Crippen LogP contribution in [0.15, 0.2) is 24.3 Å². The average molecular weight is 286 g/mol. The smallest absolute Gasteiger partial charge is 0.172 e. The number of para-hydroxylation sites is 2. The molecule has 1 heterocycles. The van der Waals surface area contributed by atoms with Gasteiger partial charge in [-0.25, -0.2) is 4.98 Å². The fraction of sp³-hybridized carbons (Fsp3) is 0.300. The minimum absolute atomic E-state index is 0.472. The van der Waals surface area contributed by atoms with Crippen molar-refractivity contribution in [3.63, 3.8) is 0 Å². The van der Waals surface area contributed by atoms with Gasteiger partial charge in [0.15, 0.2) is 3.83 Å². The number of hydrogen-bond donors (Lipinski definition) is 0. The summed E-state index contributed by atoms with van der Waals surface area (Å²) in [7, 11) is 0.